The molecule has 0 aliphatic carbocycles. The van der Waals surface area contributed by atoms with E-state index in [0.717, 1.165) is 24.5 Å². The molecular formula is C12H19FN2O4S2. The van der Waals surface area contributed by atoms with Crippen molar-refractivity contribution in [3.8, 4) is 0 Å². The number of halogens is 1. The highest BCUT2D eigenvalue weighted by atomic mass is 32.2. The zero-order valence-electron chi connectivity index (χ0n) is 11.8. The Labute approximate surface area is 124 Å². The van der Waals surface area contributed by atoms with Gasteiger partial charge in [0.05, 0.1) is 4.90 Å². The molecule has 3 N–H and O–H groups in total. The molecule has 120 valence electrons. The van der Waals surface area contributed by atoms with Crippen molar-refractivity contribution >= 4 is 19.9 Å². The molecule has 9 heteroatoms. The van der Waals surface area contributed by atoms with Gasteiger partial charge in [-0.15, -0.1) is 0 Å². The molecule has 0 aromatic heterocycles. The summed E-state index contributed by atoms with van der Waals surface area (Å²) in [5.74, 6) is -1.01. The molecule has 0 radical (unpaired) electrons. The number of hydrogen-bond donors (Lipinski definition) is 2. The van der Waals surface area contributed by atoms with Crippen molar-refractivity contribution in [2.45, 2.75) is 35.6 Å². The van der Waals surface area contributed by atoms with E-state index in [1.54, 1.807) is 0 Å². The van der Waals surface area contributed by atoms with Crippen molar-refractivity contribution in [1.29, 1.82) is 0 Å². The standard InChI is InChI=1S/C12H19FN2O4S2/c1-3-4-9(8-14)15-21(18,19)12-7-10(20(2,16)17)5-6-11(12)13/h5-7,9,15H,3-4,8,14H2,1-2H3. The minimum atomic E-state index is -4.18. The lowest BCUT2D eigenvalue weighted by Crippen LogP contribution is -2.40. The van der Waals surface area contributed by atoms with Crippen molar-refractivity contribution in [1.82, 2.24) is 4.72 Å². The summed E-state index contributed by atoms with van der Waals surface area (Å²) in [5, 5.41) is 0. The number of rotatable bonds is 7. The number of hydrogen-bond acceptors (Lipinski definition) is 5. The highest BCUT2D eigenvalue weighted by molar-refractivity contribution is 7.91. The smallest absolute Gasteiger partial charge is 0.243 e. The van der Waals surface area contributed by atoms with Gasteiger partial charge in [-0.1, -0.05) is 13.3 Å². The van der Waals surface area contributed by atoms with Crippen LogP contribution in [0.2, 0.25) is 0 Å². The van der Waals surface area contributed by atoms with E-state index >= 15 is 0 Å². The third kappa shape index (κ3) is 4.73. The van der Waals surface area contributed by atoms with Gasteiger partial charge in [-0.25, -0.2) is 25.9 Å². The Morgan fingerprint density at radius 1 is 1.29 bits per heavy atom. The monoisotopic (exact) mass is 338 g/mol. The average Bonchev–Trinajstić information content (AvgIpc) is 2.36. The molecule has 0 fully saturated rings. The predicted octanol–water partition coefficient (Wildman–Crippen LogP) is 0.635. The molecule has 1 aromatic rings. The second-order valence-corrected chi connectivity index (χ2v) is 8.41. The minimum absolute atomic E-state index is 0.0699. The van der Waals surface area contributed by atoms with Gasteiger partial charge in [-0.3, -0.25) is 0 Å². The normalized spacial score (nSPS) is 14.1. The van der Waals surface area contributed by atoms with E-state index in [9.17, 15) is 21.2 Å². The lowest BCUT2D eigenvalue weighted by molar-refractivity contribution is 0.517. The molecule has 0 amide bonds. The second-order valence-electron chi connectivity index (χ2n) is 4.71. The number of sulfone groups is 1. The molecule has 0 bridgehead atoms. The van der Waals surface area contributed by atoms with Gasteiger partial charge < -0.3 is 5.73 Å². The predicted molar refractivity (Wildman–Crippen MR) is 77.6 cm³/mol. The van der Waals surface area contributed by atoms with Crippen LogP contribution in [0.25, 0.3) is 0 Å². The fourth-order valence-corrected chi connectivity index (χ4v) is 3.89. The number of nitrogens with two attached hydrogens (primary N) is 1. The van der Waals surface area contributed by atoms with Crippen LogP contribution in [0.1, 0.15) is 19.8 Å². The summed E-state index contributed by atoms with van der Waals surface area (Å²) < 4.78 is 63.3. The zero-order chi connectivity index (χ0) is 16.3. The molecule has 1 atom stereocenters. The molecule has 0 aliphatic heterocycles. The van der Waals surface area contributed by atoms with Crippen LogP contribution in [0, 0.1) is 5.82 Å². The van der Waals surface area contributed by atoms with E-state index in [4.69, 9.17) is 5.73 Å². The van der Waals surface area contributed by atoms with Crippen molar-refractivity contribution < 1.29 is 21.2 Å². The number of nitrogens with one attached hydrogen (secondary N) is 1. The molecule has 1 aromatic carbocycles. The minimum Gasteiger partial charge on any atom is -0.329 e. The Morgan fingerprint density at radius 3 is 2.38 bits per heavy atom. The highest BCUT2D eigenvalue weighted by Gasteiger charge is 2.24. The second kappa shape index (κ2) is 6.82. The van der Waals surface area contributed by atoms with Gasteiger partial charge in [0.15, 0.2) is 9.84 Å². The molecule has 0 saturated carbocycles. The Kier molecular flexibility index (Phi) is 5.85. The summed E-state index contributed by atoms with van der Waals surface area (Å²) in [6, 6.07) is 2.13. The Balaban J connectivity index is 3.25. The maximum atomic E-state index is 13.7. The van der Waals surface area contributed by atoms with Crippen molar-refractivity contribution in [3.05, 3.63) is 24.0 Å². The van der Waals surface area contributed by atoms with Crippen LogP contribution in [-0.4, -0.2) is 35.7 Å². The number of sulfonamides is 1. The Hall–Kier alpha value is -1.03. The summed E-state index contributed by atoms with van der Waals surface area (Å²) in [5.41, 5.74) is 5.46. The SMILES string of the molecule is CCCC(CN)NS(=O)(=O)c1cc(S(C)(=O)=O)ccc1F. The van der Waals surface area contributed by atoms with Crippen molar-refractivity contribution in [2.24, 2.45) is 5.73 Å². The van der Waals surface area contributed by atoms with Gasteiger partial charge in [-0.05, 0) is 24.6 Å². The summed E-state index contributed by atoms with van der Waals surface area (Å²) in [7, 11) is -7.81. The first-order valence-electron chi connectivity index (χ1n) is 6.33. The third-order valence-electron chi connectivity index (χ3n) is 2.86. The topological polar surface area (TPSA) is 106 Å². The van der Waals surface area contributed by atoms with E-state index < -0.39 is 36.6 Å². The molecule has 0 saturated heterocycles. The Morgan fingerprint density at radius 2 is 1.90 bits per heavy atom. The fourth-order valence-electron chi connectivity index (χ4n) is 1.78. The summed E-state index contributed by atoms with van der Waals surface area (Å²) in [6.07, 6.45) is 2.13. The first-order chi connectivity index (χ1) is 9.61. The van der Waals surface area contributed by atoms with Crippen molar-refractivity contribution in [2.75, 3.05) is 12.8 Å². The van der Waals surface area contributed by atoms with E-state index in [-0.39, 0.29) is 11.4 Å². The van der Waals surface area contributed by atoms with Gasteiger partial charge in [-0.2, -0.15) is 0 Å². The van der Waals surface area contributed by atoms with Crippen LogP contribution < -0.4 is 10.5 Å². The first kappa shape index (κ1) is 18.0. The molecule has 0 heterocycles. The maximum absolute atomic E-state index is 13.7. The zero-order valence-corrected chi connectivity index (χ0v) is 13.5. The largest absolute Gasteiger partial charge is 0.329 e. The van der Waals surface area contributed by atoms with Gasteiger partial charge >= 0.3 is 0 Å². The lowest BCUT2D eigenvalue weighted by atomic mass is 10.2. The van der Waals surface area contributed by atoms with Gasteiger partial charge in [0, 0.05) is 18.8 Å². The molecule has 0 spiro atoms. The van der Waals surface area contributed by atoms with E-state index in [0.29, 0.717) is 12.8 Å². The summed E-state index contributed by atoms with van der Waals surface area (Å²) in [6.45, 7) is 1.93. The molecule has 0 aliphatic rings. The average molecular weight is 338 g/mol. The lowest BCUT2D eigenvalue weighted by Gasteiger charge is -2.16. The maximum Gasteiger partial charge on any atom is 0.243 e. The highest BCUT2D eigenvalue weighted by Crippen LogP contribution is 2.20. The number of benzene rings is 1. The molecular weight excluding hydrogens is 319 g/mol. The van der Waals surface area contributed by atoms with Crippen LogP contribution in [0.3, 0.4) is 0 Å². The van der Waals surface area contributed by atoms with Crippen LogP contribution >= 0.6 is 0 Å². The van der Waals surface area contributed by atoms with Crippen LogP contribution in [0.4, 0.5) is 4.39 Å². The quantitative estimate of drug-likeness (QED) is 0.710. The Bertz CT molecular complexity index is 702. The van der Waals surface area contributed by atoms with Crippen LogP contribution in [0.5, 0.6) is 0 Å². The third-order valence-corrected chi connectivity index (χ3v) is 5.51. The summed E-state index contributed by atoms with van der Waals surface area (Å²) >= 11 is 0. The van der Waals surface area contributed by atoms with E-state index in [1.165, 1.54) is 0 Å². The molecule has 1 unspecified atom stereocenters. The van der Waals surface area contributed by atoms with Gasteiger partial charge in [0.25, 0.3) is 0 Å². The van der Waals surface area contributed by atoms with Crippen molar-refractivity contribution in [3.63, 3.8) is 0 Å². The first-order valence-corrected chi connectivity index (χ1v) is 9.71. The van der Waals surface area contributed by atoms with Gasteiger partial charge in [0.1, 0.15) is 10.7 Å². The van der Waals surface area contributed by atoms with E-state index in [1.807, 2.05) is 6.92 Å². The molecule has 1 rings (SSSR count). The van der Waals surface area contributed by atoms with Crippen LogP contribution in [0.15, 0.2) is 28.0 Å². The van der Waals surface area contributed by atoms with Crippen LogP contribution in [-0.2, 0) is 19.9 Å². The molecule has 21 heavy (non-hydrogen) atoms. The fraction of sp³-hybridized carbons (Fsp3) is 0.500. The van der Waals surface area contributed by atoms with Gasteiger partial charge in [0.2, 0.25) is 10.0 Å². The molecule has 6 nitrogen and oxygen atoms in total. The van der Waals surface area contributed by atoms with E-state index in [2.05, 4.69) is 4.72 Å². The summed E-state index contributed by atoms with van der Waals surface area (Å²) in [4.78, 5) is -0.955.